The molecular weight excluding hydrogens is 581 g/mol. The molecule has 0 atom stereocenters. The highest BCUT2D eigenvalue weighted by molar-refractivity contribution is 14.1. The predicted octanol–water partition coefficient (Wildman–Crippen LogP) is 6.76. The van der Waals surface area contributed by atoms with Crippen LogP contribution in [0.4, 0.5) is 11.4 Å². The fourth-order valence-electron chi connectivity index (χ4n) is 4.01. The third-order valence-corrected chi connectivity index (χ3v) is 7.26. The number of thioether (sulfide) groups is 1. The van der Waals surface area contributed by atoms with Crippen molar-refractivity contribution < 1.29 is 4.79 Å². The Labute approximate surface area is 226 Å². The van der Waals surface area contributed by atoms with Gasteiger partial charge in [0.05, 0.1) is 22.3 Å². The monoisotopic (exact) mass is 603 g/mol. The van der Waals surface area contributed by atoms with Gasteiger partial charge in [0.25, 0.3) is 5.56 Å². The first-order valence-electron chi connectivity index (χ1n) is 11.4. The highest BCUT2D eigenvalue weighted by atomic mass is 127. The van der Waals surface area contributed by atoms with E-state index in [0.717, 1.165) is 26.2 Å². The van der Waals surface area contributed by atoms with Crippen molar-refractivity contribution in [3.63, 3.8) is 0 Å². The van der Waals surface area contributed by atoms with Crippen LogP contribution in [0.15, 0.2) is 113 Å². The second kappa shape index (κ2) is 10.7. The number of hydrogen-bond acceptors (Lipinski definition) is 4. The fraction of sp³-hybridized carbons (Fsp3) is 0.0690. The highest BCUT2D eigenvalue weighted by Crippen LogP contribution is 2.28. The number of benzene rings is 4. The number of nitrogens with zero attached hydrogens (tertiary/aromatic N) is 3. The van der Waals surface area contributed by atoms with Crippen LogP contribution in [-0.4, -0.2) is 21.2 Å². The van der Waals surface area contributed by atoms with Gasteiger partial charge in [-0.25, -0.2) is 4.98 Å². The Bertz CT molecular complexity index is 1560. The van der Waals surface area contributed by atoms with Crippen LogP contribution in [0, 0.1) is 10.5 Å². The summed E-state index contributed by atoms with van der Waals surface area (Å²) >= 11 is 3.46. The molecule has 5 rings (SSSR count). The molecule has 7 heteroatoms. The van der Waals surface area contributed by atoms with Crippen molar-refractivity contribution in [2.45, 2.75) is 12.1 Å². The lowest BCUT2D eigenvalue weighted by Gasteiger charge is -2.23. The van der Waals surface area contributed by atoms with Crippen molar-refractivity contribution >= 4 is 62.5 Å². The molecule has 1 amide bonds. The molecule has 0 spiro atoms. The van der Waals surface area contributed by atoms with E-state index in [0.29, 0.717) is 16.1 Å². The second-order valence-electron chi connectivity index (χ2n) is 8.22. The molecule has 36 heavy (non-hydrogen) atoms. The van der Waals surface area contributed by atoms with E-state index in [2.05, 4.69) is 22.6 Å². The summed E-state index contributed by atoms with van der Waals surface area (Å²) in [6.07, 6.45) is 0. The van der Waals surface area contributed by atoms with Crippen molar-refractivity contribution in [2.75, 3.05) is 10.7 Å². The van der Waals surface area contributed by atoms with E-state index in [4.69, 9.17) is 4.98 Å². The van der Waals surface area contributed by atoms with Crippen LogP contribution in [0.3, 0.4) is 0 Å². The summed E-state index contributed by atoms with van der Waals surface area (Å²) < 4.78 is 2.57. The topological polar surface area (TPSA) is 55.2 Å². The number of amides is 1. The lowest BCUT2D eigenvalue weighted by molar-refractivity contribution is -0.115. The van der Waals surface area contributed by atoms with Gasteiger partial charge in [-0.1, -0.05) is 60.3 Å². The summed E-state index contributed by atoms with van der Waals surface area (Å²) in [5.74, 6) is 0.00270. The first-order chi connectivity index (χ1) is 17.5. The summed E-state index contributed by atoms with van der Waals surface area (Å²) in [6.45, 7) is 1.99. The summed E-state index contributed by atoms with van der Waals surface area (Å²) in [5, 5.41) is 1.03. The molecule has 0 fully saturated rings. The van der Waals surface area contributed by atoms with E-state index in [1.807, 2.05) is 110 Å². The van der Waals surface area contributed by atoms with Crippen LogP contribution in [0.5, 0.6) is 0 Å². The minimum absolute atomic E-state index is 0.106. The molecule has 4 aromatic carbocycles. The van der Waals surface area contributed by atoms with Gasteiger partial charge in [0.2, 0.25) is 5.91 Å². The standard InChI is InChI=1S/C29H22IN3O2S/c1-20-9-8-14-24(17-20)33-28(35)25-18-21(30)15-16-26(25)31-29(33)36-19-27(34)32(22-10-4-2-5-11-22)23-12-6-3-7-13-23/h2-18H,19H2,1H3. The first kappa shape index (κ1) is 24.3. The number of para-hydroxylation sites is 2. The van der Waals surface area contributed by atoms with Gasteiger partial charge in [-0.2, -0.15) is 0 Å². The van der Waals surface area contributed by atoms with Crippen LogP contribution in [-0.2, 0) is 4.79 Å². The Morgan fingerprint density at radius 3 is 2.19 bits per heavy atom. The molecule has 0 aliphatic rings. The summed E-state index contributed by atoms with van der Waals surface area (Å²) in [6, 6.07) is 32.5. The lowest BCUT2D eigenvalue weighted by atomic mass is 10.2. The zero-order valence-corrected chi connectivity index (χ0v) is 22.4. The SMILES string of the molecule is Cc1cccc(-n2c(SCC(=O)N(c3ccccc3)c3ccccc3)nc3ccc(I)cc3c2=O)c1. The number of halogens is 1. The average Bonchev–Trinajstić information content (AvgIpc) is 2.89. The number of aryl methyl sites for hydroxylation is 1. The predicted molar refractivity (Wildman–Crippen MR) is 156 cm³/mol. The maximum Gasteiger partial charge on any atom is 0.266 e. The van der Waals surface area contributed by atoms with Crippen molar-refractivity contribution in [3.8, 4) is 5.69 Å². The number of hydrogen-bond donors (Lipinski definition) is 0. The fourth-order valence-corrected chi connectivity index (χ4v) is 5.36. The molecule has 0 saturated heterocycles. The number of anilines is 2. The number of fused-ring (bicyclic) bond motifs is 1. The normalized spacial score (nSPS) is 10.9. The van der Waals surface area contributed by atoms with E-state index in [1.165, 1.54) is 11.8 Å². The molecule has 1 aromatic heterocycles. The molecule has 0 unspecified atom stereocenters. The average molecular weight is 603 g/mol. The molecule has 5 nitrogen and oxygen atoms in total. The van der Waals surface area contributed by atoms with Gasteiger partial charge in [0, 0.05) is 14.9 Å². The van der Waals surface area contributed by atoms with Gasteiger partial charge < -0.3 is 0 Å². The Morgan fingerprint density at radius 2 is 1.56 bits per heavy atom. The van der Waals surface area contributed by atoms with E-state index >= 15 is 0 Å². The van der Waals surface area contributed by atoms with Crippen molar-refractivity contribution in [1.29, 1.82) is 0 Å². The zero-order chi connectivity index (χ0) is 25.1. The Hall–Kier alpha value is -3.43. The third-order valence-electron chi connectivity index (χ3n) is 5.66. The van der Waals surface area contributed by atoms with Crippen molar-refractivity contribution in [2.24, 2.45) is 0 Å². The van der Waals surface area contributed by atoms with Gasteiger partial charge in [-0.3, -0.25) is 19.1 Å². The molecule has 1 heterocycles. The molecule has 0 aliphatic heterocycles. The first-order valence-corrected chi connectivity index (χ1v) is 13.4. The zero-order valence-electron chi connectivity index (χ0n) is 19.5. The van der Waals surface area contributed by atoms with E-state index in [1.54, 1.807) is 9.47 Å². The number of rotatable bonds is 6. The van der Waals surface area contributed by atoms with Gasteiger partial charge >= 0.3 is 0 Å². The second-order valence-corrected chi connectivity index (χ2v) is 10.4. The molecule has 0 saturated carbocycles. The molecule has 0 aliphatic carbocycles. The Kier molecular flexibility index (Phi) is 7.20. The summed E-state index contributed by atoms with van der Waals surface area (Å²) in [7, 11) is 0. The maximum atomic E-state index is 13.6. The minimum Gasteiger partial charge on any atom is -0.280 e. The van der Waals surface area contributed by atoms with Crippen LogP contribution in [0.2, 0.25) is 0 Å². The summed E-state index contributed by atoms with van der Waals surface area (Å²) in [5.41, 5.74) is 3.79. The molecule has 0 N–H and O–H groups in total. The van der Waals surface area contributed by atoms with Crippen LogP contribution < -0.4 is 10.5 Å². The van der Waals surface area contributed by atoms with E-state index in [-0.39, 0.29) is 17.2 Å². The van der Waals surface area contributed by atoms with Crippen molar-refractivity contribution in [1.82, 2.24) is 9.55 Å². The number of carbonyl (C=O) groups excluding carboxylic acids is 1. The minimum atomic E-state index is -0.151. The molecule has 0 radical (unpaired) electrons. The highest BCUT2D eigenvalue weighted by Gasteiger charge is 2.20. The van der Waals surface area contributed by atoms with Gasteiger partial charge in [-0.15, -0.1) is 0 Å². The Morgan fingerprint density at radius 1 is 0.889 bits per heavy atom. The van der Waals surface area contributed by atoms with Crippen LogP contribution >= 0.6 is 34.4 Å². The lowest BCUT2D eigenvalue weighted by Crippen LogP contribution is -2.28. The Balaban J connectivity index is 1.56. The molecule has 0 bridgehead atoms. The summed E-state index contributed by atoms with van der Waals surface area (Å²) in [4.78, 5) is 33.8. The van der Waals surface area contributed by atoms with E-state index < -0.39 is 0 Å². The number of carbonyl (C=O) groups is 1. The van der Waals surface area contributed by atoms with Gasteiger partial charge in [0.1, 0.15) is 0 Å². The van der Waals surface area contributed by atoms with E-state index in [9.17, 15) is 9.59 Å². The smallest absolute Gasteiger partial charge is 0.266 e. The quantitative estimate of drug-likeness (QED) is 0.122. The van der Waals surface area contributed by atoms with Gasteiger partial charge in [0.15, 0.2) is 5.16 Å². The number of aromatic nitrogens is 2. The third kappa shape index (κ3) is 5.08. The molecule has 178 valence electrons. The molecular formula is C29H22IN3O2S. The molecule has 5 aromatic rings. The van der Waals surface area contributed by atoms with Crippen molar-refractivity contribution in [3.05, 3.63) is 123 Å². The van der Waals surface area contributed by atoms with Crippen LogP contribution in [0.1, 0.15) is 5.56 Å². The van der Waals surface area contributed by atoms with Crippen LogP contribution in [0.25, 0.3) is 16.6 Å². The largest absolute Gasteiger partial charge is 0.280 e. The maximum absolute atomic E-state index is 13.6. The van der Waals surface area contributed by atoms with Gasteiger partial charge in [-0.05, 0) is 89.7 Å².